The third-order valence-corrected chi connectivity index (χ3v) is 7.58. The Morgan fingerprint density at radius 2 is 2.09 bits per heavy atom. The van der Waals surface area contributed by atoms with Crippen molar-refractivity contribution in [1.82, 2.24) is 25.1 Å². The van der Waals surface area contributed by atoms with E-state index in [2.05, 4.69) is 56.8 Å². The minimum atomic E-state index is 0.443. The lowest BCUT2D eigenvalue weighted by Gasteiger charge is -2.22. The van der Waals surface area contributed by atoms with E-state index in [9.17, 15) is 0 Å². The fraction of sp³-hybridized carbons (Fsp3) is 0.348. The van der Waals surface area contributed by atoms with Gasteiger partial charge < -0.3 is 15.4 Å². The van der Waals surface area contributed by atoms with Crippen LogP contribution < -0.4 is 15.4 Å². The molecule has 0 unspecified atom stereocenters. The lowest BCUT2D eigenvalue weighted by atomic mass is 10.0. The van der Waals surface area contributed by atoms with Crippen LogP contribution in [0.15, 0.2) is 41.7 Å². The fourth-order valence-corrected chi connectivity index (χ4v) is 5.61. The number of piperidine rings is 1. The Balaban J connectivity index is 1.48. The predicted octanol–water partition coefficient (Wildman–Crippen LogP) is 5.26. The zero-order chi connectivity index (χ0) is 22.1. The van der Waals surface area contributed by atoms with Gasteiger partial charge in [0.25, 0.3) is 0 Å². The molecular formula is C23H26N6OS2. The van der Waals surface area contributed by atoms with Crippen LogP contribution in [-0.4, -0.2) is 46.2 Å². The van der Waals surface area contributed by atoms with Gasteiger partial charge in [0.1, 0.15) is 5.75 Å². The number of aromatic nitrogens is 4. The van der Waals surface area contributed by atoms with Crippen molar-refractivity contribution in [3.63, 3.8) is 0 Å². The molecule has 0 aliphatic carbocycles. The second-order valence-corrected chi connectivity index (χ2v) is 9.96. The molecule has 4 heterocycles. The highest BCUT2D eigenvalue weighted by Crippen LogP contribution is 2.42. The summed E-state index contributed by atoms with van der Waals surface area (Å²) in [7, 11) is 1.72. The number of ether oxygens (including phenoxy) is 1. The number of hydrogen-bond donors (Lipinski definition) is 2. The Labute approximate surface area is 195 Å². The Kier molecular flexibility index (Phi) is 6.03. The van der Waals surface area contributed by atoms with Crippen molar-refractivity contribution in [3.8, 4) is 16.9 Å². The van der Waals surface area contributed by atoms with Gasteiger partial charge in [-0.15, -0.1) is 23.1 Å². The summed E-state index contributed by atoms with van der Waals surface area (Å²) >= 11 is 3.41. The molecule has 4 aromatic rings. The molecule has 0 bridgehead atoms. The van der Waals surface area contributed by atoms with Crippen molar-refractivity contribution >= 4 is 45.0 Å². The quantitative estimate of drug-likeness (QED) is 0.375. The molecule has 0 radical (unpaired) electrons. The first-order valence-electron chi connectivity index (χ1n) is 10.7. The summed E-state index contributed by atoms with van der Waals surface area (Å²) in [4.78, 5) is 11.8. The van der Waals surface area contributed by atoms with Gasteiger partial charge in [-0.1, -0.05) is 0 Å². The average molecular weight is 467 g/mol. The van der Waals surface area contributed by atoms with Gasteiger partial charge in [-0.2, -0.15) is 5.10 Å². The number of thiophene rings is 1. The van der Waals surface area contributed by atoms with Gasteiger partial charge in [0.2, 0.25) is 5.95 Å². The average Bonchev–Trinajstić information content (AvgIpc) is 3.42. The topological polar surface area (TPSA) is 76.9 Å². The van der Waals surface area contributed by atoms with E-state index in [0.717, 1.165) is 58.7 Å². The van der Waals surface area contributed by atoms with Crippen LogP contribution in [0.25, 0.3) is 21.3 Å². The van der Waals surface area contributed by atoms with Gasteiger partial charge in [-0.25, -0.2) is 9.97 Å². The molecule has 7 nitrogen and oxygen atoms in total. The summed E-state index contributed by atoms with van der Waals surface area (Å²) in [6.07, 6.45) is 10.0. The molecular weight excluding hydrogens is 440 g/mol. The zero-order valence-corrected chi connectivity index (χ0v) is 20.0. The van der Waals surface area contributed by atoms with Crippen molar-refractivity contribution in [1.29, 1.82) is 0 Å². The summed E-state index contributed by atoms with van der Waals surface area (Å²) in [5.74, 6) is 1.43. The highest BCUT2D eigenvalue weighted by atomic mass is 32.2. The number of nitrogens with zero attached hydrogens (tertiary/aromatic N) is 4. The van der Waals surface area contributed by atoms with Crippen LogP contribution >= 0.6 is 23.1 Å². The van der Waals surface area contributed by atoms with E-state index in [1.54, 1.807) is 30.2 Å². The summed E-state index contributed by atoms with van der Waals surface area (Å²) in [6.45, 7) is 4.20. The molecule has 1 fully saturated rings. The molecule has 1 aromatic carbocycles. The third kappa shape index (κ3) is 4.07. The number of nitrogens with one attached hydrogen (secondary N) is 2. The van der Waals surface area contributed by atoms with Gasteiger partial charge >= 0.3 is 0 Å². The molecule has 3 aromatic heterocycles. The van der Waals surface area contributed by atoms with Crippen LogP contribution in [0.3, 0.4) is 0 Å². The van der Waals surface area contributed by atoms with Gasteiger partial charge in [0.15, 0.2) is 0 Å². The maximum absolute atomic E-state index is 5.72. The van der Waals surface area contributed by atoms with Crippen LogP contribution in [0.2, 0.25) is 0 Å². The van der Waals surface area contributed by atoms with Crippen LogP contribution in [0, 0.1) is 6.92 Å². The molecule has 1 aliphatic rings. The van der Waals surface area contributed by atoms with E-state index >= 15 is 0 Å². The smallest absolute Gasteiger partial charge is 0.227 e. The van der Waals surface area contributed by atoms with E-state index in [4.69, 9.17) is 9.72 Å². The van der Waals surface area contributed by atoms with E-state index in [1.165, 1.54) is 9.77 Å². The molecule has 166 valence electrons. The van der Waals surface area contributed by atoms with Crippen molar-refractivity contribution < 1.29 is 4.74 Å². The fourth-order valence-electron chi connectivity index (χ4n) is 4.19. The molecule has 32 heavy (non-hydrogen) atoms. The van der Waals surface area contributed by atoms with Crippen molar-refractivity contribution in [2.45, 2.75) is 30.7 Å². The largest absolute Gasteiger partial charge is 0.496 e. The second-order valence-electron chi connectivity index (χ2n) is 7.82. The van der Waals surface area contributed by atoms with E-state index in [0.29, 0.717) is 12.0 Å². The van der Waals surface area contributed by atoms with Crippen molar-refractivity contribution in [2.75, 3.05) is 31.8 Å². The maximum Gasteiger partial charge on any atom is 0.227 e. The SMILES string of the molecule is COc1cc(SC)ccc1-c1c(C)sc2cnc(Nc3cnn(C4CCNCC4)c3)nc12. The number of fused-ring (bicyclic) bond motifs is 1. The zero-order valence-electron chi connectivity index (χ0n) is 18.4. The number of anilines is 2. The Hall–Kier alpha value is -2.62. The molecule has 2 N–H and O–H groups in total. The summed E-state index contributed by atoms with van der Waals surface area (Å²) in [5.41, 5.74) is 3.99. The van der Waals surface area contributed by atoms with Gasteiger partial charge in [-0.3, -0.25) is 4.68 Å². The summed E-state index contributed by atoms with van der Waals surface area (Å²) in [5, 5.41) is 11.3. The number of methoxy groups -OCH3 is 1. The molecule has 0 amide bonds. The Bertz CT molecular complexity index is 1240. The summed E-state index contributed by atoms with van der Waals surface area (Å²) < 4.78 is 8.83. The van der Waals surface area contributed by atoms with Gasteiger partial charge in [0.05, 0.1) is 41.4 Å². The maximum atomic E-state index is 5.72. The third-order valence-electron chi connectivity index (χ3n) is 5.83. The molecule has 0 atom stereocenters. The number of rotatable bonds is 6. The standard InChI is InChI=1S/C23H26N6OS2/c1-14-21(18-5-4-17(31-3)10-19(18)30-2)22-20(32-14)12-25-23(28-22)27-15-11-26-29(13-15)16-6-8-24-9-7-16/h4-5,10-13,16,24H,6-9H2,1-3H3,(H,25,27,28). The normalized spacial score (nSPS) is 14.7. The van der Waals surface area contributed by atoms with E-state index in [1.807, 2.05) is 18.6 Å². The molecule has 0 saturated carbocycles. The Morgan fingerprint density at radius 1 is 1.25 bits per heavy atom. The lowest BCUT2D eigenvalue weighted by Crippen LogP contribution is -2.29. The highest BCUT2D eigenvalue weighted by Gasteiger charge is 2.19. The van der Waals surface area contributed by atoms with Crippen LogP contribution in [0.5, 0.6) is 5.75 Å². The van der Waals surface area contributed by atoms with Gasteiger partial charge in [0, 0.05) is 27.1 Å². The first kappa shape index (κ1) is 21.2. The molecule has 1 saturated heterocycles. The lowest BCUT2D eigenvalue weighted by molar-refractivity contribution is 0.343. The minimum absolute atomic E-state index is 0.443. The molecule has 9 heteroatoms. The molecule has 0 spiro atoms. The first-order chi connectivity index (χ1) is 15.7. The Morgan fingerprint density at radius 3 is 2.88 bits per heavy atom. The highest BCUT2D eigenvalue weighted by molar-refractivity contribution is 7.98. The number of benzene rings is 1. The van der Waals surface area contributed by atoms with Crippen molar-refractivity contribution in [2.24, 2.45) is 0 Å². The predicted molar refractivity (Wildman–Crippen MR) is 133 cm³/mol. The van der Waals surface area contributed by atoms with Gasteiger partial charge in [-0.05, 0) is 57.3 Å². The number of aryl methyl sites for hydroxylation is 1. The minimum Gasteiger partial charge on any atom is -0.496 e. The molecule has 5 rings (SSSR count). The van der Waals surface area contributed by atoms with Crippen LogP contribution in [0.1, 0.15) is 23.8 Å². The second kappa shape index (κ2) is 9.09. The van der Waals surface area contributed by atoms with Crippen LogP contribution in [-0.2, 0) is 0 Å². The van der Waals surface area contributed by atoms with Crippen LogP contribution in [0.4, 0.5) is 11.6 Å². The summed E-state index contributed by atoms with van der Waals surface area (Å²) in [6, 6.07) is 6.77. The molecule has 1 aliphatic heterocycles. The number of thioether (sulfide) groups is 1. The monoisotopic (exact) mass is 466 g/mol. The first-order valence-corrected chi connectivity index (χ1v) is 12.7. The van der Waals surface area contributed by atoms with E-state index < -0.39 is 0 Å². The number of hydrogen-bond acceptors (Lipinski definition) is 8. The van der Waals surface area contributed by atoms with E-state index in [-0.39, 0.29) is 0 Å². The van der Waals surface area contributed by atoms with Crippen molar-refractivity contribution in [3.05, 3.63) is 41.7 Å².